The smallest absolute Gasteiger partial charge is 0.255 e. The van der Waals surface area contributed by atoms with E-state index in [9.17, 15) is 4.79 Å². The monoisotopic (exact) mass is 290 g/mol. The van der Waals surface area contributed by atoms with Crippen LogP contribution in [0.15, 0.2) is 18.3 Å². The third kappa shape index (κ3) is 4.43. The number of nitrogens with one attached hydrogen (secondary N) is 2. The van der Waals surface area contributed by atoms with E-state index in [2.05, 4.69) is 27.4 Å². The molecule has 116 valence electrons. The molecule has 2 rings (SSSR count). The molecule has 2 heterocycles. The number of piperidine rings is 1. The first-order chi connectivity index (χ1) is 10.2. The summed E-state index contributed by atoms with van der Waals surface area (Å²) in [7, 11) is 0. The van der Waals surface area contributed by atoms with Gasteiger partial charge >= 0.3 is 0 Å². The molecule has 1 aromatic rings. The summed E-state index contributed by atoms with van der Waals surface area (Å²) < 4.78 is 0. The van der Waals surface area contributed by atoms with Gasteiger partial charge in [0.05, 0.1) is 5.56 Å². The van der Waals surface area contributed by atoms with Crippen LogP contribution in [0.25, 0.3) is 0 Å². The highest BCUT2D eigenvalue weighted by Gasteiger charge is 2.21. The highest BCUT2D eigenvalue weighted by molar-refractivity contribution is 5.98. The van der Waals surface area contributed by atoms with Crippen LogP contribution in [0, 0.1) is 0 Å². The summed E-state index contributed by atoms with van der Waals surface area (Å²) in [6.45, 7) is 8.27. The van der Waals surface area contributed by atoms with E-state index in [1.165, 1.54) is 6.42 Å². The Labute approximate surface area is 127 Å². The van der Waals surface area contributed by atoms with Crippen molar-refractivity contribution in [2.75, 3.05) is 31.5 Å². The lowest BCUT2D eigenvalue weighted by atomic mass is 10.0. The van der Waals surface area contributed by atoms with Crippen molar-refractivity contribution < 1.29 is 4.79 Å². The number of hydrogen-bond donors (Lipinski definition) is 2. The maximum absolute atomic E-state index is 12.4. The Morgan fingerprint density at radius 2 is 2.14 bits per heavy atom. The quantitative estimate of drug-likeness (QED) is 0.842. The molecule has 5 heteroatoms. The molecule has 0 aliphatic carbocycles. The van der Waals surface area contributed by atoms with Crippen molar-refractivity contribution in [1.29, 1.82) is 0 Å². The molecule has 0 bridgehead atoms. The lowest BCUT2D eigenvalue weighted by molar-refractivity contribution is 0.0911. The van der Waals surface area contributed by atoms with Gasteiger partial charge in [-0.1, -0.05) is 6.92 Å². The van der Waals surface area contributed by atoms with E-state index in [0.717, 1.165) is 39.0 Å². The highest BCUT2D eigenvalue weighted by Crippen LogP contribution is 2.14. The van der Waals surface area contributed by atoms with E-state index >= 15 is 0 Å². The third-order valence-corrected chi connectivity index (χ3v) is 3.86. The molecule has 1 fully saturated rings. The summed E-state index contributed by atoms with van der Waals surface area (Å²) in [6.07, 6.45) is 4.96. The van der Waals surface area contributed by atoms with Gasteiger partial charge in [0.1, 0.15) is 5.82 Å². The van der Waals surface area contributed by atoms with Crippen molar-refractivity contribution >= 4 is 11.7 Å². The van der Waals surface area contributed by atoms with Crippen LogP contribution < -0.4 is 10.6 Å². The van der Waals surface area contributed by atoms with Crippen LogP contribution in [0.3, 0.4) is 0 Å². The normalized spacial score (nSPS) is 16.7. The molecule has 1 amide bonds. The van der Waals surface area contributed by atoms with E-state index in [-0.39, 0.29) is 11.9 Å². The minimum atomic E-state index is -0.0204. The second kappa shape index (κ2) is 7.98. The predicted molar refractivity (Wildman–Crippen MR) is 85.6 cm³/mol. The Balaban J connectivity index is 1.90. The number of amides is 1. The van der Waals surface area contributed by atoms with Crippen LogP contribution in [0.1, 0.15) is 43.5 Å². The molecule has 1 aromatic heterocycles. The molecule has 21 heavy (non-hydrogen) atoms. The molecule has 0 spiro atoms. The number of likely N-dealkylation sites (tertiary alicyclic amines) is 1. The third-order valence-electron chi connectivity index (χ3n) is 3.86. The fraction of sp³-hybridized carbons (Fsp3) is 0.625. The number of aromatic nitrogens is 1. The van der Waals surface area contributed by atoms with Crippen molar-refractivity contribution in [2.45, 2.75) is 39.2 Å². The molecule has 1 aliphatic heterocycles. The summed E-state index contributed by atoms with van der Waals surface area (Å²) in [5.41, 5.74) is 0.635. The standard InChI is InChI=1S/C16H26N4O/c1-3-10-20-11-7-13(8-12-20)19-16(21)14-6-5-9-18-15(14)17-4-2/h5-6,9,13H,3-4,7-8,10-12H2,1-2H3,(H,17,18)(H,19,21). The van der Waals surface area contributed by atoms with Crippen LogP contribution in [0.2, 0.25) is 0 Å². The number of hydrogen-bond acceptors (Lipinski definition) is 4. The maximum atomic E-state index is 12.4. The van der Waals surface area contributed by atoms with E-state index in [0.29, 0.717) is 11.4 Å². The minimum Gasteiger partial charge on any atom is -0.370 e. The number of nitrogens with zero attached hydrogens (tertiary/aromatic N) is 2. The molecular formula is C16H26N4O. The molecule has 2 N–H and O–H groups in total. The average molecular weight is 290 g/mol. The summed E-state index contributed by atoms with van der Waals surface area (Å²) in [5.74, 6) is 0.647. The lowest BCUT2D eigenvalue weighted by Crippen LogP contribution is -2.44. The Bertz CT molecular complexity index is 455. The topological polar surface area (TPSA) is 57.3 Å². The minimum absolute atomic E-state index is 0.0204. The van der Waals surface area contributed by atoms with Crippen LogP contribution >= 0.6 is 0 Å². The fourth-order valence-electron chi connectivity index (χ4n) is 2.78. The molecule has 0 saturated carbocycles. The van der Waals surface area contributed by atoms with Crippen molar-refractivity contribution in [3.63, 3.8) is 0 Å². The van der Waals surface area contributed by atoms with E-state index in [4.69, 9.17) is 0 Å². The highest BCUT2D eigenvalue weighted by atomic mass is 16.1. The maximum Gasteiger partial charge on any atom is 0.255 e. The summed E-state index contributed by atoms with van der Waals surface area (Å²) in [5, 5.41) is 6.29. The fourth-order valence-corrected chi connectivity index (χ4v) is 2.78. The zero-order valence-corrected chi connectivity index (χ0v) is 13.1. The molecule has 1 saturated heterocycles. The van der Waals surface area contributed by atoms with E-state index in [1.807, 2.05) is 13.0 Å². The second-order valence-corrected chi connectivity index (χ2v) is 5.52. The van der Waals surface area contributed by atoms with Gasteiger partial charge in [-0.05, 0) is 44.9 Å². The van der Waals surface area contributed by atoms with Gasteiger partial charge in [0.15, 0.2) is 0 Å². The Kier molecular flexibility index (Phi) is 5.99. The van der Waals surface area contributed by atoms with Crippen molar-refractivity contribution in [1.82, 2.24) is 15.2 Å². The van der Waals surface area contributed by atoms with Crippen LogP contribution in [-0.2, 0) is 0 Å². The van der Waals surface area contributed by atoms with Gasteiger partial charge in [0.25, 0.3) is 5.91 Å². The summed E-state index contributed by atoms with van der Waals surface area (Å²) in [4.78, 5) is 19.1. The molecule has 0 aromatic carbocycles. The molecule has 0 unspecified atom stereocenters. The van der Waals surface area contributed by atoms with Crippen molar-refractivity contribution in [3.8, 4) is 0 Å². The van der Waals surface area contributed by atoms with E-state index in [1.54, 1.807) is 12.3 Å². The van der Waals surface area contributed by atoms with E-state index < -0.39 is 0 Å². The van der Waals surface area contributed by atoms with Crippen LogP contribution in [0.5, 0.6) is 0 Å². The lowest BCUT2D eigenvalue weighted by Gasteiger charge is -2.32. The first-order valence-corrected chi connectivity index (χ1v) is 7.96. The first kappa shape index (κ1) is 15.8. The summed E-state index contributed by atoms with van der Waals surface area (Å²) in [6, 6.07) is 3.91. The van der Waals surface area contributed by atoms with Gasteiger partial charge in [-0.2, -0.15) is 0 Å². The average Bonchev–Trinajstić information content (AvgIpc) is 2.50. The number of carbonyl (C=O) groups excluding carboxylic acids is 1. The molecule has 5 nitrogen and oxygen atoms in total. The van der Waals surface area contributed by atoms with Crippen LogP contribution in [-0.4, -0.2) is 48.0 Å². The Morgan fingerprint density at radius 3 is 2.81 bits per heavy atom. The first-order valence-electron chi connectivity index (χ1n) is 7.96. The largest absolute Gasteiger partial charge is 0.370 e. The molecule has 1 aliphatic rings. The van der Waals surface area contributed by atoms with Crippen molar-refractivity contribution in [3.05, 3.63) is 23.9 Å². The number of rotatable bonds is 6. The molecule has 0 atom stereocenters. The number of pyridine rings is 1. The van der Waals surface area contributed by atoms with Crippen molar-refractivity contribution in [2.24, 2.45) is 0 Å². The summed E-state index contributed by atoms with van der Waals surface area (Å²) >= 11 is 0. The Morgan fingerprint density at radius 1 is 1.38 bits per heavy atom. The SMILES string of the molecule is CCCN1CCC(NC(=O)c2cccnc2NCC)CC1. The van der Waals surface area contributed by atoms with Gasteiger partial charge in [-0.3, -0.25) is 4.79 Å². The van der Waals surface area contributed by atoms with Gasteiger partial charge in [-0.15, -0.1) is 0 Å². The number of carbonyl (C=O) groups is 1. The zero-order chi connectivity index (χ0) is 15.1. The van der Waals surface area contributed by atoms with Gasteiger partial charge in [0, 0.05) is 31.9 Å². The van der Waals surface area contributed by atoms with Gasteiger partial charge in [-0.25, -0.2) is 4.98 Å². The molecular weight excluding hydrogens is 264 g/mol. The Hall–Kier alpha value is -1.62. The van der Waals surface area contributed by atoms with Crippen LogP contribution in [0.4, 0.5) is 5.82 Å². The molecule has 0 radical (unpaired) electrons. The zero-order valence-electron chi connectivity index (χ0n) is 13.1. The van der Waals surface area contributed by atoms with Gasteiger partial charge < -0.3 is 15.5 Å². The second-order valence-electron chi connectivity index (χ2n) is 5.52. The number of anilines is 1. The predicted octanol–water partition coefficient (Wildman–Crippen LogP) is 2.12. The van der Waals surface area contributed by atoms with Gasteiger partial charge in [0.2, 0.25) is 0 Å².